The number of fused-ring (bicyclic) bond motifs is 1. The summed E-state index contributed by atoms with van der Waals surface area (Å²) in [7, 11) is 0. The largest absolute Gasteiger partial charge is 0.478 e. The second-order valence-corrected chi connectivity index (χ2v) is 5.46. The van der Waals surface area contributed by atoms with Gasteiger partial charge in [0.2, 0.25) is 0 Å². The average Bonchev–Trinajstić information content (AvgIpc) is 2.46. The first-order chi connectivity index (χ1) is 10.5. The Hall–Kier alpha value is -2.59. The lowest BCUT2D eigenvalue weighted by Crippen LogP contribution is -2.05. The molecule has 1 aromatic heterocycles. The molecule has 3 N–H and O–H groups in total. The summed E-state index contributed by atoms with van der Waals surface area (Å²) in [6, 6.07) is 11.2. The van der Waals surface area contributed by atoms with Gasteiger partial charge in [0, 0.05) is 27.6 Å². The Balaban J connectivity index is 2.28. The monoisotopic (exact) mass is 312 g/mol. The van der Waals surface area contributed by atoms with E-state index in [0.29, 0.717) is 15.8 Å². The van der Waals surface area contributed by atoms with Crippen LogP contribution in [0.15, 0.2) is 42.6 Å². The molecule has 0 radical (unpaired) electrons. The first-order valence-electron chi connectivity index (χ1n) is 6.66. The maximum atomic E-state index is 11.4. The number of aromatic carboxylic acids is 1. The first-order valence-corrected chi connectivity index (χ1v) is 7.04. The number of nitrogens with two attached hydrogens (primary N) is 1. The van der Waals surface area contributed by atoms with Gasteiger partial charge in [-0.2, -0.15) is 0 Å². The number of anilines is 1. The van der Waals surface area contributed by atoms with Crippen molar-refractivity contribution in [3.63, 3.8) is 0 Å². The third kappa shape index (κ3) is 2.27. The molecule has 0 aliphatic rings. The summed E-state index contributed by atoms with van der Waals surface area (Å²) in [6.45, 7) is 1.98. The molecule has 0 fully saturated rings. The van der Waals surface area contributed by atoms with Crippen molar-refractivity contribution in [1.29, 1.82) is 0 Å². The zero-order chi connectivity index (χ0) is 15.9. The summed E-state index contributed by atoms with van der Waals surface area (Å²) in [5.74, 6) is -1.07. The number of carboxylic acids is 1. The summed E-state index contributed by atoms with van der Waals surface area (Å²) >= 11 is 6.29. The van der Waals surface area contributed by atoms with Crippen LogP contribution >= 0.6 is 11.6 Å². The Morgan fingerprint density at radius 1 is 1.27 bits per heavy atom. The highest BCUT2D eigenvalue weighted by Crippen LogP contribution is 2.34. The van der Waals surface area contributed by atoms with Crippen molar-refractivity contribution in [3.8, 4) is 11.1 Å². The van der Waals surface area contributed by atoms with E-state index in [2.05, 4.69) is 4.98 Å². The standard InChI is InChI=1S/C17H13ClN2O2/c1-9-3-2-4-13(18)14(9)10-5-6-12-11(7-10)8-20-16(19)15(12)17(21)22/h2-8H,1H3,(H2,19,20)(H,21,22). The summed E-state index contributed by atoms with van der Waals surface area (Å²) in [5.41, 5.74) is 8.59. The molecule has 0 saturated carbocycles. The van der Waals surface area contributed by atoms with Crippen molar-refractivity contribution in [2.24, 2.45) is 0 Å². The van der Waals surface area contributed by atoms with Gasteiger partial charge in [-0.3, -0.25) is 0 Å². The molecule has 0 aliphatic heterocycles. The van der Waals surface area contributed by atoms with E-state index in [1.807, 2.05) is 37.3 Å². The molecule has 2 aromatic carbocycles. The van der Waals surface area contributed by atoms with Gasteiger partial charge in [0.1, 0.15) is 11.4 Å². The van der Waals surface area contributed by atoms with Crippen LogP contribution in [0, 0.1) is 6.92 Å². The van der Waals surface area contributed by atoms with Gasteiger partial charge in [-0.05, 0) is 30.2 Å². The SMILES string of the molecule is Cc1cccc(Cl)c1-c1ccc2c(C(=O)O)c(N)ncc2c1. The third-order valence-electron chi connectivity index (χ3n) is 3.64. The van der Waals surface area contributed by atoms with E-state index in [4.69, 9.17) is 17.3 Å². The Kier molecular flexibility index (Phi) is 3.47. The molecule has 5 heteroatoms. The molecule has 0 bridgehead atoms. The molecule has 0 aliphatic carbocycles. The molecular weight excluding hydrogens is 300 g/mol. The fraction of sp³-hybridized carbons (Fsp3) is 0.0588. The van der Waals surface area contributed by atoms with Gasteiger partial charge >= 0.3 is 5.97 Å². The molecule has 0 saturated heterocycles. The number of aryl methyl sites for hydroxylation is 1. The lowest BCUT2D eigenvalue weighted by atomic mass is 9.97. The van der Waals surface area contributed by atoms with Gasteiger partial charge in [0.25, 0.3) is 0 Å². The van der Waals surface area contributed by atoms with Crippen LogP contribution in [0.5, 0.6) is 0 Å². The second-order valence-electron chi connectivity index (χ2n) is 5.06. The Bertz CT molecular complexity index is 886. The van der Waals surface area contributed by atoms with E-state index in [1.54, 1.807) is 12.3 Å². The minimum absolute atomic E-state index is 0.0154. The molecule has 22 heavy (non-hydrogen) atoms. The van der Waals surface area contributed by atoms with Crippen molar-refractivity contribution in [3.05, 3.63) is 58.7 Å². The topological polar surface area (TPSA) is 76.2 Å². The van der Waals surface area contributed by atoms with Crippen molar-refractivity contribution in [2.45, 2.75) is 6.92 Å². The smallest absolute Gasteiger partial charge is 0.340 e. The van der Waals surface area contributed by atoms with Crippen molar-refractivity contribution >= 4 is 34.2 Å². The van der Waals surface area contributed by atoms with E-state index < -0.39 is 5.97 Å². The van der Waals surface area contributed by atoms with Gasteiger partial charge in [-0.25, -0.2) is 9.78 Å². The van der Waals surface area contributed by atoms with Crippen molar-refractivity contribution in [2.75, 3.05) is 5.73 Å². The van der Waals surface area contributed by atoms with Crippen LogP contribution in [0.1, 0.15) is 15.9 Å². The molecule has 0 spiro atoms. The molecule has 3 rings (SSSR count). The first kappa shape index (κ1) is 14.4. The van der Waals surface area contributed by atoms with Crippen LogP contribution in [0.4, 0.5) is 5.82 Å². The molecule has 110 valence electrons. The fourth-order valence-electron chi connectivity index (χ4n) is 2.62. The number of carboxylic acid groups (broad SMARTS) is 1. The Morgan fingerprint density at radius 2 is 2.05 bits per heavy atom. The van der Waals surface area contributed by atoms with E-state index in [9.17, 15) is 9.90 Å². The van der Waals surface area contributed by atoms with Crippen LogP contribution in [0.2, 0.25) is 5.02 Å². The highest BCUT2D eigenvalue weighted by atomic mass is 35.5. The van der Waals surface area contributed by atoms with Crippen LogP contribution in [0.3, 0.4) is 0 Å². The van der Waals surface area contributed by atoms with Crippen LogP contribution in [-0.2, 0) is 0 Å². The van der Waals surface area contributed by atoms with Crippen LogP contribution < -0.4 is 5.73 Å². The Labute approximate surface area is 132 Å². The van der Waals surface area contributed by atoms with Crippen molar-refractivity contribution in [1.82, 2.24) is 4.98 Å². The molecule has 1 heterocycles. The quantitative estimate of drug-likeness (QED) is 0.745. The predicted octanol–water partition coefficient (Wildman–Crippen LogP) is 4.14. The van der Waals surface area contributed by atoms with Gasteiger partial charge < -0.3 is 10.8 Å². The van der Waals surface area contributed by atoms with Gasteiger partial charge in [-0.1, -0.05) is 35.9 Å². The fourth-order valence-corrected chi connectivity index (χ4v) is 2.95. The number of aromatic nitrogens is 1. The molecule has 4 nitrogen and oxygen atoms in total. The average molecular weight is 313 g/mol. The number of hydrogen-bond acceptors (Lipinski definition) is 3. The number of pyridine rings is 1. The third-order valence-corrected chi connectivity index (χ3v) is 3.96. The number of benzene rings is 2. The molecule has 0 unspecified atom stereocenters. The summed E-state index contributed by atoms with van der Waals surface area (Å²) in [4.78, 5) is 15.3. The highest BCUT2D eigenvalue weighted by Gasteiger charge is 2.15. The number of halogens is 1. The predicted molar refractivity (Wildman–Crippen MR) is 88.3 cm³/mol. The highest BCUT2D eigenvalue weighted by molar-refractivity contribution is 6.33. The van der Waals surface area contributed by atoms with Gasteiger partial charge in [-0.15, -0.1) is 0 Å². The van der Waals surface area contributed by atoms with Crippen molar-refractivity contribution < 1.29 is 9.90 Å². The zero-order valence-corrected chi connectivity index (χ0v) is 12.6. The van der Waals surface area contributed by atoms with Crippen LogP contribution in [-0.4, -0.2) is 16.1 Å². The number of rotatable bonds is 2. The summed E-state index contributed by atoms with van der Waals surface area (Å²) in [6.07, 6.45) is 1.58. The van der Waals surface area contributed by atoms with E-state index >= 15 is 0 Å². The lowest BCUT2D eigenvalue weighted by molar-refractivity contribution is 0.0700. The molecule has 0 atom stereocenters. The summed E-state index contributed by atoms with van der Waals surface area (Å²) in [5, 5.41) is 11.2. The minimum atomic E-state index is -1.09. The molecule has 0 amide bonds. The number of nitrogens with zero attached hydrogens (tertiary/aromatic N) is 1. The number of nitrogen functional groups attached to an aromatic ring is 1. The second kappa shape index (κ2) is 5.31. The maximum Gasteiger partial charge on any atom is 0.340 e. The minimum Gasteiger partial charge on any atom is -0.478 e. The van der Waals surface area contributed by atoms with Crippen LogP contribution in [0.25, 0.3) is 21.9 Å². The van der Waals surface area contributed by atoms with E-state index in [1.165, 1.54) is 0 Å². The van der Waals surface area contributed by atoms with E-state index in [-0.39, 0.29) is 11.4 Å². The number of carbonyl (C=O) groups is 1. The van der Waals surface area contributed by atoms with E-state index in [0.717, 1.165) is 16.7 Å². The molecule has 3 aromatic rings. The number of hydrogen-bond donors (Lipinski definition) is 2. The lowest BCUT2D eigenvalue weighted by Gasteiger charge is -2.11. The normalized spacial score (nSPS) is 10.8. The summed E-state index contributed by atoms with van der Waals surface area (Å²) < 4.78 is 0. The van der Waals surface area contributed by atoms with Gasteiger partial charge in [0.05, 0.1) is 0 Å². The maximum absolute atomic E-state index is 11.4. The zero-order valence-electron chi connectivity index (χ0n) is 11.8. The molecular formula is C17H13ClN2O2. The Morgan fingerprint density at radius 3 is 2.73 bits per heavy atom. The van der Waals surface area contributed by atoms with Gasteiger partial charge in [0.15, 0.2) is 0 Å².